The predicted octanol–water partition coefficient (Wildman–Crippen LogP) is 3.33. The number of benzene rings is 2. The van der Waals surface area contributed by atoms with E-state index in [1.807, 2.05) is 24.3 Å². The normalized spacial score (nSPS) is 15.0. The number of aromatic hydroxyl groups is 1. The molecule has 0 fully saturated rings. The van der Waals surface area contributed by atoms with Crippen molar-refractivity contribution in [1.29, 1.82) is 0 Å². The van der Waals surface area contributed by atoms with Gasteiger partial charge in [0.05, 0.1) is 12.7 Å². The first-order valence-corrected chi connectivity index (χ1v) is 6.51. The lowest BCUT2D eigenvalue weighted by atomic mass is 10.1. The molecule has 0 aromatic heterocycles. The smallest absolute Gasteiger partial charge is 0.231 e. The molecule has 106 valence electrons. The summed E-state index contributed by atoms with van der Waals surface area (Å²) in [5.74, 6) is 1.37. The van der Waals surface area contributed by atoms with Crippen LogP contribution in [0.4, 0.5) is 0 Å². The molecule has 1 aliphatic rings. The van der Waals surface area contributed by atoms with Gasteiger partial charge in [-0.15, -0.1) is 0 Å². The fraction of sp³-hybridized carbons (Fsp3) is 0.118. The minimum atomic E-state index is -0.177. The second-order valence-corrected chi connectivity index (χ2v) is 4.80. The summed E-state index contributed by atoms with van der Waals surface area (Å²) in [6.45, 7) is 1.72. The molecule has 1 heterocycles. The Morgan fingerprint density at radius 1 is 1.14 bits per heavy atom. The zero-order valence-corrected chi connectivity index (χ0v) is 11.7. The Bertz CT molecular complexity index is 742. The fourth-order valence-electron chi connectivity index (χ4n) is 2.23. The molecule has 2 aromatic carbocycles. The first-order valence-electron chi connectivity index (χ1n) is 6.51. The average Bonchev–Trinajstić information content (AvgIpc) is 2.81. The third-order valence-corrected chi connectivity index (χ3v) is 3.47. The summed E-state index contributed by atoms with van der Waals surface area (Å²) in [6.07, 6.45) is 1.68. The van der Waals surface area contributed by atoms with Gasteiger partial charge in [0, 0.05) is 5.56 Å². The zero-order valence-electron chi connectivity index (χ0n) is 11.7. The van der Waals surface area contributed by atoms with Crippen LogP contribution in [0.15, 0.2) is 42.2 Å². The lowest BCUT2D eigenvalue weighted by Crippen LogP contribution is -1.97. The molecule has 0 bridgehead atoms. The predicted molar refractivity (Wildman–Crippen MR) is 78.8 cm³/mol. The number of ether oxygens (including phenoxy) is 2. The number of Topliss-reactive ketones (excluding diaryl/α,β-unsaturated/α-hetero) is 1. The number of phenolic OH excluding ortho intramolecular Hbond substituents is 1. The molecule has 1 aliphatic heterocycles. The topological polar surface area (TPSA) is 55.8 Å². The fourth-order valence-corrected chi connectivity index (χ4v) is 2.23. The lowest BCUT2D eigenvalue weighted by Gasteiger charge is -2.04. The lowest BCUT2D eigenvalue weighted by molar-refractivity contribution is 0.101. The van der Waals surface area contributed by atoms with Gasteiger partial charge in [0.15, 0.2) is 5.76 Å². The molecule has 4 heteroatoms. The Hall–Kier alpha value is -2.75. The number of phenols is 1. The summed E-state index contributed by atoms with van der Waals surface area (Å²) in [7, 11) is 1.60. The molecule has 0 saturated heterocycles. The monoisotopic (exact) mass is 282 g/mol. The van der Waals surface area contributed by atoms with E-state index in [2.05, 4.69) is 0 Å². The zero-order chi connectivity index (χ0) is 15.0. The van der Waals surface area contributed by atoms with Crippen molar-refractivity contribution in [1.82, 2.24) is 0 Å². The van der Waals surface area contributed by atoms with Gasteiger partial charge >= 0.3 is 0 Å². The van der Waals surface area contributed by atoms with E-state index >= 15 is 0 Å². The molecule has 3 rings (SSSR count). The number of hydrogen-bond donors (Lipinski definition) is 1. The van der Waals surface area contributed by atoms with Crippen LogP contribution >= 0.6 is 0 Å². The Morgan fingerprint density at radius 3 is 2.52 bits per heavy atom. The maximum atomic E-state index is 12.3. The van der Waals surface area contributed by atoms with Gasteiger partial charge in [-0.25, -0.2) is 0 Å². The molecule has 2 aromatic rings. The third kappa shape index (κ3) is 2.25. The van der Waals surface area contributed by atoms with Crippen molar-refractivity contribution in [3.63, 3.8) is 0 Å². The number of rotatable bonds is 2. The largest absolute Gasteiger partial charge is 0.508 e. The number of carbonyl (C=O) groups is 1. The maximum Gasteiger partial charge on any atom is 0.231 e. The van der Waals surface area contributed by atoms with Crippen molar-refractivity contribution in [2.75, 3.05) is 7.11 Å². The van der Waals surface area contributed by atoms with Crippen LogP contribution in [-0.4, -0.2) is 18.0 Å². The molecular weight excluding hydrogens is 268 g/mol. The van der Waals surface area contributed by atoms with Crippen molar-refractivity contribution in [3.8, 4) is 17.2 Å². The summed E-state index contributed by atoms with van der Waals surface area (Å²) in [6, 6.07) is 10.4. The van der Waals surface area contributed by atoms with Gasteiger partial charge in [0.2, 0.25) is 5.78 Å². The molecular formula is C17H14O4. The van der Waals surface area contributed by atoms with Gasteiger partial charge in [-0.3, -0.25) is 4.79 Å². The second-order valence-electron chi connectivity index (χ2n) is 4.80. The van der Waals surface area contributed by atoms with Crippen molar-refractivity contribution in [2.45, 2.75) is 6.92 Å². The molecule has 0 spiro atoms. The maximum absolute atomic E-state index is 12.3. The highest BCUT2D eigenvalue weighted by Gasteiger charge is 2.29. The van der Waals surface area contributed by atoms with Crippen LogP contribution in [0.25, 0.3) is 6.08 Å². The van der Waals surface area contributed by atoms with E-state index in [1.54, 1.807) is 26.2 Å². The Kier molecular flexibility index (Phi) is 3.14. The first kappa shape index (κ1) is 13.2. The summed E-state index contributed by atoms with van der Waals surface area (Å²) in [5.41, 5.74) is 1.89. The van der Waals surface area contributed by atoms with E-state index in [9.17, 15) is 9.90 Å². The number of allylic oxidation sites excluding steroid dienone is 1. The highest BCUT2D eigenvalue weighted by Crippen LogP contribution is 2.38. The van der Waals surface area contributed by atoms with Gasteiger partial charge in [0.25, 0.3) is 0 Å². The highest BCUT2D eigenvalue weighted by atomic mass is 16.5. The number of hydrogen-bond acceptors (Lipinski definition) is 4. The Labute approximate surface area is 122 Å². The van der Waals surface area contributed by atoms with Crippen LogP contribution in [0.2, 0.25) is 0 Å². The van der Waals surface area contributed by atoms with Crippen LogP contribution in [0.3, 0.4) is 0 Å². The first-order chi connectivity index (χ1) is 10.1. The Morgan fingerprint density at radius 2 is 1.86 bits per heavy atom. The average molecular weight is 282 g/mol. The van der Waals surface area contributed by atoms with Crippen molar-refractivity contribution in [2.24, 2.45) is 0 Å². The van der Waals surface area contributed by atoms with Gasteiger partial charge in [-0.2, -0.15) is 0 Å². The molecule has 0 radical (unpaired) electrons. The van der Waals surface area contributed by atoms with E-state index < -0.39 is 0 Å². The number of fused-ring (bicyclic) bond motifs is 1. The van der Waals surface area contributed by atoms with E-state index in [4.69, 9.17) is 9.47 Å². The van der Waals surface area contributed by atoms with Crippen LogP contribution in [0, 0.1) is 6.92 Å². The number of carbonyl (C=O) groups excluding carboxylic acids is 1. The molecule has 0 saturated carbocycles. The van der Waals surface area contributed by atoms with Gasteiger partial charge < -0.3 is 14.6 Å². The molecule has 4 nitrogen and oxygen atoms in total. The number of methoxy groups -OCH3 is 1. The summed E-state index contributed by atoms with van der Waals surface area (Å²) in [5, 5.41) is 9.68. The molecule has 21 heavy (non-hydrogen) atoms. The minimum absolute atomic E-state index is 0.118. The molecule has 1 N–H and O–H groups in total. The Balaban J connectivity index is 1.96. The summed E-state index contributed by atoms with van der Waals surface area (Å²) >= 11 is 0. The summed E-state index contributed by atoms with van der Waals surface area (Å²) in [4.78, 5) is 12.3. The SMILES string of the molecule is COc1ccc(/C=C2\Oc3c(ccc(O)c3C)C2=O)cc1. The van der Waals surface area contributed by atoms with Crippen molar-refractivity contribution in [3.05, 3.63) is 58.8 Å². The van der Waals surface area contributed by atoms with E-state index in [1.165, 1.54) is 6.07 Å². The van der Waals surface area contributed by atoms with Crippen LogP contribution in [0.5, 0.6) is 17.2 Å². The molecule has 0 unspecified atom stereocenters. The van der Waals surface area contributed by atoms with Crippen LogP contribution in [0.1, 0.15) is 21.5 Å². The minimum Gasteiger partial charge on any atom is -0.508 e. The van der Waals surface area contributed by atoms with E-state index in [-0.39, 0.29) is 17.3 Å². The van der Waals surface area contributed by atoms with Gasteiger partial charge in [-0.05, 0) is 42.8 Å². The van der Waals surface area contributed by atoms with Crippen LogP contribution < -0.4 is 9.47 Å². The van der Waals surface area contributed by atoms with E-state index in [0.717, 1.165) is 11.3 Å². The standard InChI is InChI=1S/C17H14O4/c1-10-14(18)8-7-13-16(19)15(21-17(10)13)9-11-3-5-12(20-2)6-4-11/h3-9,18H,1-2H3/b15-9-. The molecule has 0 atom stereocenters. The molecule has 0 amide bonds. The number of ketones is 1. The van der Waals surface area contributed by atoms with Crippen molar-refractivity contribution < 1.29 is 19.4 Å². The molecule has 0 aliphatic carbocycles. The highest BCUT2D eigenvalue weighted by molar-refractivity contribution is 6.14. The van der Waals surface area contributed by atoms with Crippen molar-refractivity contribution >= 4 is 11.9 Å². The summed E-state index contributed by atoms with van der Waals surface area (Å²) < 4.78 is 10.7. The quantitative estimate of drug-likeness (QED) is 0.858. The van der Waals surface area contributed by atoms with Gasteiger partial charge in [0.1, 0.15) is 17.2 Å². The van der Waals surface area contributed by atoms with Gasteiger partial charge in [-0.1, -0.05) is 12.1 Å². The third-order valence-electron chi connectivity index (χ3n) is 3.47. The van der Waals surface area contributed by atoms with Crippen LogP contribution in [-0.2, 0) is 0 Å². The van der Waals surface area contributed by atoms with E-state index in [0.29, 0.717) is 16.9 Å². The second kappa shape index (κ2) is 4.98.